The standard InChI is InChI=1S/C20H21F3N4O3/c1-12(15-4-5-17(25-11-15)30-9-7-20(21,22)23)26-19(29)14-6-8-24-16(10-14)27-18(28)13-2-3-13/h4-6,8,10-13H,2-3,7,9H2,1H3,(H,26,29)(H,24,27,28). The Kier molecular flexibility index (Phi) is 6.53. The van der Waals surface area contributed by atoms with Crippen molar-refractivity contribution >= 4 is 17.6 Å². The summed E-state index contributed by atoms with van der Waals surface area (Å²) in [5.74, 6) is -0.0486. The zero-order chi connectivity index (χ0) is 21.7. The van der Waals surface area contributed by atoms with Crippen molar-refractivity contribution in [2.24, 2.45) is 5.92 Å². The molecule has 160 valence electrons. The first-order valence-corrected chi connectivity index (χ1v) is 9.44. The van der Waals surface area contributed by atoms with E-state index in [-0.39, 0.29) is 23.6 Å². The fourth-order valence-electron chi connectivity index (χ4n) is 2.58. The van der Waals surface area contributed by atoms with Gasteiger partial charge < -0.3 is 15.4 Å². The number of ether oxygens (including phenoxy) is 1. The largest absolute Gasteiger partial charge is 0.477 e. The highest BCUT2D eigenvalue weighted by Gasteiger charge is 2.30. The lowest BCUT2D eigenvalue weighted by atomic mass is 10.1. The number of nitrogens with zero attached hydrogens (tertiary/aromatic N) is 2. The Morgan fingerprint density at radius 3 is 2.63 bits per heavy atom. The van der Waals surface area contributed by atoms with Crippen LogP contribution in [0.3, 0.4) is 0 Å². The van der Waals surface area contributed by atoms with Gasteiger partial charge in [0, 0.05) is 29.9 Å². The molecule has 1 atom stereocenters. The second kappa shape index (κ2) is 9.10. The number of carbonyl (C=O) groups is 2. The summed E-state index contributed by atoms with van der Waals surface area (Å²) in [6, 6.07) is 5.69. The molecule has 0 radical (unpaired) electrons. The molecular weight excluding hydrogens is 401 g/mol. The molecule has 2 aromatic rings. The van der Waals surface area contributed by atoms with Gasteiger partial charge in [0.15, 0.2) is 0 Å². The van der Waals surface area contributed by atoms with E-state index in [4.69, 9.17) is 4.74 Å². The predicted molar refractivity (Wildman–Crippen MR) is 102 cm³/mol. The van der Waals surface area contributed by atoms with Gasteiger partial charge in [0.25, 0.3) is 5.91 Å². The molecule has 30 heavy (non-hydrogen) atoms. The number of aromatic nitrogens is 2. The second-order valence-corrected chi connectivity index (χ2v) is 7.03. The lowest BCUT2D eigenvalue weighted by Crippen LogP contribution is -2.27. The Morgan fingerprint density at radius 1 is 1.23 bits per heavy atom. The number of pyridine rings is 2. The van der Waals surface area contributed by atoms with Gasteiger partial charge in [-0.25, -0.2) is 9.97 Å². The van der Waals surface area contributed by atoms with Crippen molar-refractivity contribution in [3.8, 4) is 5.88 Å². The van der Waals surface area contributed by atoms with Crippen LogP contribution in [0.5, 0.6) is 5.88 Å². The SMILES string of the molecule is CC(NC(=O)c1ccnc(NC(=O)C2CC2)c1)c1ccc(OCCC(F)(F)F)nc1. The Hall–Kier alpha value is -3.17. The van der Waals surface area contributed by atoms with Gasteiger partial charge in [-0.3, -0.25) is 9.59 Å². The molecule has 10 heteroatoms. The van der Waals surface area contributed by atoms with Crippen LogP contribution in [0.4, 0.5) is 19.0 Å². The van der Waals surface area contributed by atoms with E-state index in [0.29, 0.717) is 16.9 Å². The quantitative estimate of drug-likeness (QED) is 0.678. The van der Waals surface area contributed by atoms with Gasteiger partial charge in [-0.1, -0.05) is 6.07 Å². The van der Waals surface area contributed by atoms with E-state index < -0.39 is 25.2 Å². The summed E-state index contributed by atoms with van der Waals surface area (Å²) in [6.45, 7) is 1.24. The minimum absolute atomic E-state index is 0.0252. The predicted octanol–water partition coefficient (Wildman–Crippen LogP) is 3.65. The minimum Gasteiger partial charge on any atom is -0.477 e. The first-order valence-electron chi connectivity index (χ1n) is 9.44. The maximum atomic E-state index is 12.5. The first kappa shape index (κ1) is 21.5. The fraction of sp³-hybridized carbons (Fsp3) is 0.400. The molecule has 0 aliphatic heterocycles. The van der Waals surface area contributed by atoms with Crippen LogP contribution in [-0.2, 0) is 4.79 Å². The van der Waals surface area contributed by atoms with Gasteiger partial charge in [0.05, 0.1) is 19.1 Å². The van der Waals surface area contributed by atoms with E-state index in [0.717, 1.165) is 12.8 Å². The zero-order valence-electron chi connectivity index (χ0n) is 16.2. The van der Waals surface area contributed by atoms with Crippen LogP contribution in [0.1, 0.15) is 48.1 Å². The first-order chi connectivity index (χ1) is 14.2. The van der Waals surface area contributed by atoms with Gasteiger partial charge >= 0.3 is 6.18 Å². The Balaban J connectivity index is 1.54. The van der Waals surface area contributed by atoms with Crippen molar-refractivity contribution < 1.29 is 27.5 Å². The third kappa shape index (κ3) is 6.43. The summed E-state index contributed by atoms with van der Waals surface area (Å²) in [6.07, 6.45) is -0.740. The van der Waals surface area contributed by atoms with E-state index in [1.165, 1.54) is 30.6 Å². The number of rotatable bonds is 8. The molecule has 1 saturated carbocycles. The second-order valence-electron chi connectivity index (χ2n) is 7.03. The molecule has 2 amide bonds. The number of hydrogen-bond donors (Lipinski definition) is 2. The Bertz CT molecular complexity index is 899. The molecule has 0 spiro atoms. The third-order valence-corrected chi connectivity index (χ3v) is 4.46. The van der Waals surface area contributed by atoms with Gasteiger partial charge in [0.1, 0.15) is 5.82 Å². The smallest absolute Gasteiger partial charge is 0.392 e. The summed E-state index contributed by atoms with van der Waals surface area (Å²) >= 11 is 0. The number of carbonyl (C=O) groups excluding carboxylic acids is 2. The number of amides is 2. The zero-order valence-corrected chi connectivity index (χ0v) is 16.2. The maximum Gasteiger partial charge on any atom is 0.392 e. The summed E-state index contributed by atoms with van der Waals surface area (Å²) in [4.78, 5) is 32.4. The Morgan fingerprint density at radius 2 is 2.00 bits per heavy atom. The molecule has 1 aliphatic carbocycles. The molecule has 1 fully saturated rings. The van der Waals surface area contributed by atoms with Crippen molar-refractivity contribution in [3.05, 3.63) is 47.8 Å². The molecule has 2 heterocycles. The van der Waals surface area contributed by atoms with E-state index in [2.05, 4.69) is 20.6 Å². The van der Waals surface area contributed by atoms with Crippen molar-refractivity contribution in [1.29, 1.82) is 0 Å². The van der Waals surface area contributed by atoms with Crippen molar-refractivity contribution in [1.82, 2.24) is 15.3 Å². The van der Waals surface area contributed by atoms with Crippen LogP contribution in [0.2, 0.25) is 0 Å². The normalized spacial score (nSPS) is 14.7. The molecule has 7 nitrogen and oxygen atoms in total. The van der Waals surface area contributed by atoms with E-state index >= 15 is 0 Å². The summed E-state index contributed by atoms with van der Waals surface area (Å²) < 4.78 is 41.4. The lowest BCUT2D eigenvalue weighted by Gasteiger charge is -2.15. The minimum atomic E-state index is -4.29. The highest BCUT2D eigenvalue weighted by Crippen LogP contribution is 2.30. The topological polar surface area (TPSA) is 93.2 Å². The molecule has 2 N–H and O–H groups in total. The number of hydrogen-bond acceptors (Lipinski definition) is 5. The lowest BCUT2D eigenvalue weighted by molar-refractivity contribution is -0.139. The summed E-state index contributed by atoms with van der Waals surface area (Å²) in [7, 11) is 0. The molecule has 0 saturated heterocycles. The highest BCUT2D eigenvalue weighted by molar-refractivity contribution is 5.97. The molecular formula is C20H21F3N4O3. The molecule has 2 aromatic heterocycles. The van der Waals surface area contributed by atoms with Crippen LogP contribution in [0.25, 0.3) is 0 Å². The van der Waals surface area contributed by atoms with Gasteiger partial charge in [-0.15, -0.1) is 0 Å². The molecule has 1 unspecified atom stereocenters. The average Bonchev–Trinajstić information content (AvgIpc) is 3.53. The molecule has 0 aromatic carbocycles. The summed E-state index contributed by atoms with van der Waals surface area (Å²) in [5.41, 5.74) is 0.992. The van der Waals surface area contributed by atoms with Crippen LogP contribution in [-0.4, -0.2) is 34.6 Å². The van der Waals surface area contributed by atoms with Gasteiger partial charge in [-0.2, -0.15) is 13.2 Å². The fourth-order valence-corrected chi connectivity index (χ4v) is 2.58. The molecule has 0 bridgehead atoms. The van der Waals surface area contributed by atoms with Crippen LogP contribution < -0.4 is 15.4 Å². The van der Waals surface area contributed by atoms with E-state index in [1.807, 2.05) is 0 Å². The Labute approximate surface area is 171 Å². The number of alkyl halides is 3. The van der Waals surface area contributed by atoms with E-state index in [9.17, 15) is 22.8 Å². The molecule has 1 aliphatic rings. The number of nitrogens with one attached hydrogen (secondary N) is 2. The van der Waals surface area contributed by atoms with Crippen LogP contribution >= 0.6 is 0 Å². The number of halogens is 3. The monoisotopic (exact) mass is 422 g/mol. The van der Waals surface area contributed by atoms with Gasteiger partial charge in [-0.05, 0) is 37.5 Å². The molecule has 3 rings (SSSR count). The summed E-state index contributed by atoms with van der Waals surface area (Å²) in [5, 5.41) is 5.49. The van der Waals surface area contributed by atoms with Crippen molar-refractivity contribution in [3.63, 3.8) is 0 Å². The third-order valence-electron chi connectivity index (χ3n) is 4.46. The van der Waals surface area contributed by atoms with Crippen LogP contribution in [0, 0.1) is 5.92 Å². The highest BCUT2D eigenvalue weighted by atomic mass is 19.4. The maximum absolute atomic E-state index is 12.5. The van der Waals surface area contributed by atoms with Crippen molar-refractivity contribution in [2.45, 2.75) is 38.4 Å². The van der Waals surface area contributed by atoms with Gasteiger partial charge in [0.2, 0.25) is 11.8 Å². The number of anilines is 1. The van der Waals surface area contributed by atoms with Crippen LogP contribution in [0.15, 0.2) is 36.7 Å². The van der Waals surface area contributed by atoms with E-state index in [1.54, 1.807) is 13.0 Å². The average molecular weight is 422 g/mol. The van der Waals surface area contributed by atoms with Crippen molar-refractivity contribution in [2.75, 3.05) is 11.9 Å².